The smallest absolute Gasteiger partial charge is 0.0726 e. The molecule has 7 aromatic carbocycles. The molecule has 1 nitrogen and oxygen atoms in total. The van der Waals surface area contributed by atoms with Gasteiger partial charge >= 0.3 is 0 Å². The zero-order valence-electron chi connectivity index (χ0n) is 29.1. The molecule has 0 unspecified atom stereocenters. The first kappa shape index (κ1) is 30.4. The van der Waals surface area contributed by atoms with Crippen molar-refractivity contribution in [2.75, 3.05) is 4.90 Å². The van der Waals surface area contributed by atoms with Crippen molar-refractivity contribution in [3.05, 3.63) is 233 Å². The molecule has 1 spiro atoms. The van der Waals surface area contributed by atoms with Gasteiger partial charge in [0.2, 0.25) is 0 Å². The third kappa shape index (κ3) is 4.49. The first-order valence-corrected chi connectivity index (χ1v) is 18.3. The van der Waals surface area contributed by atoms with Crippen LogP contribution in [0.25, 0.3) is 39.0 Å². The van der Waals surface area contributed by atoms with E-state index in [1.165, 1.54) is 83.7 Å². The van der Waals surface area contributed by atoms with Gasteiger partial charge in [-0.25, -0.2) is 0 Å². The van der Waals surface area contributed by atoms with E-state index in [9.17, 15) is 0 Å². The Balaban J connectivity index is 1.22. The second-order valence-electron chi connectivity index (χ2n) is 14.1. The molecule has 3 aliphatic rings. The lowest BCUT2D eigenvalue weighted by molar-refractivity contribution is 0.793. The predicted octanol–water partition coefficient (Wildman–Crippen LogP) is 13.2. The molecule has 0 atom stereocenters. The number of nitrogens with zero attached hydrogens (tertiary/aromatic N) is 1. The van der Waals surface area contributed by atoms with Crippen LogP contribution >= 0.6 is 0 Å². The lowest BCUT2D eigenvalue weighted by Crippen LogP contribution is -2.26. The van der Waals surface area contributed by atoms with Gasteiger partial charge in [-0.1, -0.05) is 170 Å². The van der Waals surface area contributed by atoms with Crippen molar-refractivity contribution in [3.63, 3.8) is 0 Å². The number of hydrogen-bond donors (Lipinski definition) is 0. The van der Waals surface area contributed by atoms with Gasteiger partial charge in [0, 0.05) is 16.9 Å². The highest BCUT2D eigenvalue weighted by molar-refractivity contribution is 6.00. The zero-order valence-corrected chi connectivity index (χ0v) is 29.1. The molecule has 0 bridgehead atoms. The van der Waals surface area contributed by atoms with Crippen LogP contribution in [0.3, 0.4) is 0 Å². The summed E-state index contributed by atoms with van der Waals surface area (Å²) < 4.78 is 0. The second-order valence-corrected chi connectivity index (χ2v) is 14.1. The van der Waals surface area contributed by atoms with Crippen LogP contribution < -0.4 is 4.90 Å². The highest BCUT2D eigenvalue weighted by Crippen LogP contribution is 2.64. The van der Waals surface area contributed by atoms with Crippen molar-refractivity contribution in [3.8, 4) is 33.4 Å². The van der Waals surface area contributed by atoms with Gasteiger partial charge in [-0.2, -0.15) is 0 Å². The third-order valence-electron chi connectivity index (χ3n) is 11.3. The van der Waals surface area contributed by atoms with Crippen molar-refractivity contribution < 1.29 is 0 Å². The molecule has 0 heterocycles. The SMILES string of the molecule is CC1=C(N(c2ccc(-c3ccccc3)cc2)c2cccc3c2-c2ccccc2C32c3ccccc3-c3ccccc32)C=CC(c2ccccc2)=CC1. The Hall–Kier alpha value is -6.44. The molecule has 0 aliphatic heterocycles. The van der Waals surface area contributed by atoms with Gasteiger partial charge in [-0.15, -0.1) is 0 Å². The van der Waals surface area contributed by atoms with Crippen LogP contribution in [0.1, 0.15) is 41.2 Å². The molecule has 246 valence electrons. The van der Waals surface area contributed by atoms with E-state index in [0.717, 1.165) is 12.1 Å². The quantitative estimate of drug-likeness (QED) is 0.177. The minimum Gasteiger partial charge on any atom is -0.310 e. The summed E-state index contributed by atoms with van der Waals surface area (Å²) in [5, 5.41) is 0. The van der Waals surface area contributed by atoms with Gasteiger partial charge in [-0.05, 0) is 104 Å². The molecule has 7 aromatic rings. The van der Waals surface area contributed by atoms with Crippen LogP contribution in [0.15, 0.2) is 205 Å². The van der Waals surface area contributed by atoms with Crippen molar-refractivity contribution in [2.45, 2.75) is 18.8 Å². The Labute approximate surface area is 306 Å². The van der Waals surface area contributed by atoms with Gasteiger partial charge in [0.15, 0.2) is 0 Å². The van der Waals surface area contributed by atoms with Crippen LogP contribution in [0.5, 0.6) is 0 Å². The maximum absolute atomic E-state index is 2.52. The summed E-state index contributed by atoms with van der Waals surface area (Å²) in [6.07, 6.45) is 7.87. The molecule has 1 heteroatoms. The molecule has 0 saturated heterocycles. The highest BCUT2D eigenvalue weighted by atomic mass is 15.2. The second kappa shape index (κ2) is 12.1. The Kier molecular flexibility index (Phi) is 7.08. The van der Waals surface area contributed by atoms with Crippen LogP contribution in [0.2, 0.25) is 0 Å². The number of fused-ring (bicyclic) bond motifs is 10. The molecule has 0 amide bonds. The normalized spacial score (nSPS) is 14.7. The Morgan fingerprint density at radius 1 is 0.442 bits per heavy atom. The molecule has 0 fully saturated rings. The van der Waals surface area contributed by atoms with E-state index in [1.54, 1.807) is 0 Å². The molecule has 3 aliphatic carbocycles. The van der Waals surface area contributed by atoms with Crippen LogP contribution in [-0.4, -0.2) is 0 Å². The van der Waals surface area contributed by atoms with Crippen molar-refractivity contribution in [1.82, 2.24) is 0 Å². The number of anilines is 2. The maximum Gasteiger partial charge on any atom is 0.0726 e. The minimum atomic E-state index is -0.400. The summed E-state index contributed by atoms with van der Waals surface area (Å²) in [5.41, 5.74) is 20.0. The van der Waals surface area contributed by atoms with E-state index in [0.29, 0.717) is 0 Å². The molecule has 0 saturated carbocycles. The molecular weight excluding hydrogens is 627 g/mol. The monoisotopic (exact) mass is 663 g/mol. The largest absolute Gasteiger partial charge is 0.310 e. The Bertz CT molecular complexity index is 2540. The summed E-state index contributed by atoms with van der Waals surface area (Å²) in [6.45, 7) is 2.29. The lowest BCUT2D eigenvalue weighted by atomic mass is 9.70. The zero-order chi connectivity index (χ0) is 34.6. The van der Waals surface area contributed by atoms with Crippen LogP contribution in [0, 0.1) is 0 Å². The summed E-state index contributed by atoms with van der Waals surface area (Å²) in [4.78, 5) is 2.52. The van der Waals surface area contributed by atoms with Crippen molar-refractivity contribution in [1.29, 1.82) is 0 Å². The van der Waals surface area contributed by atoms with E-state index in [1.807, 2.05) is 0 Å². The van der Waals surface area contributed by atoms with E-state index < -0.39 is 5.41 Å². The average molecular weight is 664 g/mol. The number of allylic oxidation sites excluding steroid dienone is 5. The van der Waals surface area contributed by atoms with Crippen molar-refractivity contribution in [2.24, 2.45) is 0 Å². The minimum absolute atomic E-state index is 0.400. The fourth-order valence-corrected chi connectivity index (χ4v) is 9.01. The number of hydrogen-bond acceptors (Lipinski definition) is 1. The van der Waals surface area contributed by atoms with Gasteiger partial charge in [0.25, 0.3) is 0 Å². The molecule has 0 aromatic heterocycles. The summed E-state index contributed by atoms with van der Waals surface area (Å²) >= 11 is 0. The van der Waals surface area contributed by atoms with Crippen LogP contribution in [-0.2, 0) is 5.41 Å². The molecule has 10 rings (SSSR count). The Morgan fingerprint density at radius 2 is 0.962 bits per heavy atom. The summed E-state index contributed by atoms with van der Waals surface area (Å²) in [5.74, 6) is 0. The van der Waals surface area contributed by atoms with E-state index in [-0.39, 0.29) is 0 Å². The van der Waals surface area contributed by atoms with Gasteiger partial charge < -0.3 is 4.90 Å². The fourth-order valence-electron chi connectivity index (χ4n) is 9.01. The first-order valence-electron chi connectivity index (χ1n) is 18.3. The summed E-state index contributed by atoms with van der Waals surface area (Å²) in [7, 11) is 0. The van der Waals surface area contributed by atoms with Gasteiger partial charge in [-0.3, -0.25) is 0 Å². The topological polar surface area (TPSA) is 3.24 Å². The fraction of sp³-hybridized carbons (Fsp3) is 0.0588. The lowest BCUT2D eigenvalue weighted by Gasteiger charge is -2.32. The first-order chi connectivity index (χ1) is 25.7. The predicted molar refractivity (Wildman–Crippen MR) is 218 cm³/mol. The van der Waals surface area contributed by atoms with Crippen LogP contribution in [0.4, 0.5) is 11.4 Å². The average Bonchev–Trinajstić information content (AvgIpc) is 3.60. The highest BCUT2D eigenvalue weighted by Gasteiger charge is 2.52. The molecule has 0 radical (unpaired) electrons. The Morgan fingerprint density at radius 3 is 1.62 bits per heavy atom. The standard InChI is InChI=1S/C51H37N/c1-35-27-28-38(36-15-4-2-5-16-36)31-34-48(35)52(40-32-29-39(30-33-40)37-17-6-3-7-18-37)49-26-14-25-47-50(49)43-21-10-13-24-46(43)51(47)44-22-11-8-19-41(44)42-20-9-12-23-45(42)51/h2-26,28-34H,27H2,1H3. The number of benzene rings is 7. The number of rotatable bonds is 5. The van der Waals surface area contributed by atoms with E-state index in [2.05, 4.69) is 206 Å². The maximum atomic E-state index is 2.52. The van der Waals surface area contributed by atoms with E-state index in [4.69, 9.17) is 0 Å². The van der Waals surface area contributed by atoms with Crippen molar-refractivity contribution >= 4 is 16.9 Å². The van der Waals surface area contributed by atoms with Gasteiger partial charge in [0.05, 0.1) is 11.1 Å². The molecule has 52 heavy (non-hydrogen) atoms. The third-order valence-corrected chi connectivity index (χ3v) is 11.3. The molecule has 0 N–H and O–H groups in total. The van der Waals surface area contributed by atoms with Gasteiger partial charge in [0.1, 0.15) is 0 Å². The summed E-state index contributed by atoms with van der Waals surface area (Å²) in [6, 6.07) is 64.7. The molecular formula is C51H37N. The van der Waals surface area contributed by atoms with E-state index >= 15 is 0 Å².